The highest BCUT2D eigenvalue weighted by Gasteiger charge is 2.08. The van der Waals surface area contributed by atoms with Gasteiger partial charge >= 0.3 is 0 Å². The summed E-state index contributed by atoms with van der Waals surface area (Å²) in [5, 5.41) is 1.23. The van der Waals surface area contributed by atoms with Crippen molar-refractivity contribution in [2.24, 2.45) is 0 Å². The summed E-state index contributed by atoms with van der Waals surface area (Å²) in [4.78, 5) is 8.64. The molecular formula is C10H12N2S. The largest absolute Gasteiger partial charge is 0.263 e. The number of thiazole rings is 1. The Bertz CT molecular complexity index is 375. The van der Waals surface area contributed by atoms with E-state index in [1.165, 1.54) is 9.71 Å². The summed E-state index contributed by atoms with van der Waals surface area (Å²) < 4.78 is 1.19. The summed E-state index contributed by atoms with van der Waals surface area (Å²) in [5.41, 5.74) is 1.08. The maximum absolute atomic E-state index is 4.56. The van der Waals surface area contributed by atoms with E-state index in [4.69, 9.17) is 0 Å². The van der Waals surface area contributed by atoms with Crippen LogP contribution in [-0.2, 0) is 0 Å². The fourth-order valence-electron chi connectivity index (χ4n) is 1.18. The molecule has 1 unspecified atom stereocenters. The second kappa shape index (κ2) is 3.42. The topological polar surface area (TPSA) is 25.8 Å². The van der Waals surface area contributed by atoms with Crippen molar-refractivity contribution >= 4 is 21.6 Å². The Morgan fingerprint density at radius 2 is 2.38 bits per heavy atom. The van der Waals surface area contributed by atoms with E-state index in [9.17, 15) is 0 Å². The van der Waals surface area contributed by atoms with Gasteiger partial charge in [0.25, 0.3) is 0 Å². The molecule has 1 atom stereocenters. The van der Waals surface area contributed by atoms with Gasteiger partial charge in [0, 0.05) is 18.3 Å². The van der Waals surface area contributed by atoms with Gasteiger partial charge in [-0.05, 0) is 12.5 Å². The zero-order chi connectivity index (χ0) is 9.26. The third-order valence-electron chi connectivity index (χ3n) is 2.24. The highest BCUT2D eigenvalue weighted by Crippen LogP contribution is 2.27. The molecule has 68 valence electrons. The minimum atomic E-state index is 0.567. The van der Waals surface area contributed by atoms with Crippen LogP contribution < -0.4 is 0 Å². The molecule has 2 nitrogen and oxygen atoms in total. The van der Waals surface area contributed by atoms with Crippen LogP contribution in [0, 0.1) is 0 Å². The average Bonchev–Trinajstić information content (AvgIpc) is 2.59. The number of fused-ring (bicyclic) bond motifs is 1. The van der Waals surface area contributed by atoms with Gasteiger partial charge in [-0.3, -0.25) is 4.98 Å². The normalized spacial score (nSPS) is 13.4. The number of hydrogen-bond acceptors (Lipinski definition) is 3. The van der Waals surface area contributed by atoms with Crippen molar-refractivity contribution in [2.45, 2.75) is 26.2 Å². The molecule has 0 N–H and O–H groups in total. The zero-order valence-corrected chi connectivity index (χ0v) is 8.64. The van der Waals surface area contributed by atoms with Gasteiger partial charge in [-0.25, -0.2) is 4.98 Å². The molecule has 2 aromatic heterocycles. The molecule has 0 saturated carbocycles. The van der Waals surface area contributed by atoms with Crippen LogP contribution in [-0.4, -0.2) is 9.97 Å². The molecule has 0 aliphatic carbocycles. The monoisotopic (exact) mass is 192 g/mol. The zero-order valence-electron chi connectivity index (χ0n) is 7.82. The van der Waals surface area contributed by atoms with Crippen LogP contribution in [0.4, 0.5) is 0 Å². The predicted octanol–water partition coefficient (Wildman–Crippen LogP) is 3.20. The fourth-order valence-corrected chi connectivity index (χ4v) is 2.25. The minimum Gasteiger partial charge on any atom is -0.263 e. The first-order valence-electron chi connectivity index (χ1n) is 4.51. The first-order valence-corrected chi connectivity index (χ1v) is 5.33. The van der Waals surface area contributed by atoms with Crippen molar-refractivity contribution in [2.75, 3.05) is 0 Å². The lowest BCUT2D eigenvalue weighted by molar-refractivity contribution is 0.729. The van der Waals surface area contributed by atoms with Gasteiger partial charge in [0.05, 0.1) is 15.2 Å². The lowest BCUT2D eigenvalue weighted by atomic mass is 10.1. The maximum Gasteiger partial charge on any atom is 0.0967 e. The molecule has 0 aliphatic heterocycles. The van der Waals surface area contributed by atoms with E-state index in [2.05, 4.69) is 23.8 Å². The maximum atomic E-state index is 4.56. The Morgan fingerprint density at radius 3 is 3.08 bits per heavy atom. The molecule has 0 radical (unpaired) electrons. The molecule has 13 heavy (non-hydrogen) atoms. The lowest BCUT2D eigenvalue weighted by Crippen LogP contribution is -1.88. The highest BCUT2D eigenvalue weighted by molar-refractivity contribution is 7.18. The predicted molar refractivity (Wildman–Crippen MR) is 56.1 cm³/mol. The van der Waals surface area contributed by atoms with E-state index < -0.39 is 0 Å². The molecule has 0 saturated heterocycles. The molecule has 2 heterocycles. The SMILES string of the molecule is CCC(C)c1nc2ccncc2s1. The Morgan fingerprint density at radius 1 is 1.54 bits per heavy atom. The van der Waals surface area contributed by atoms with Crippen LogP contribution in [0.15, 0.2) is 18.5 Å². The molecule has 0 aromatic carbocycles. The Labute approximate surface area is 81.7 Å². The summed E-state index contributed by atoms with van der Waals surface area (Å²) in [6, 6.07) is 1.97. The van der Waals surface area contributed by atoms with Gasteiger partial charge < -0.3 is 0 Å². The van der Waals surface area contributed by atoms with Gasteiger partial charge in [-0.2, -0.15) is 0 Å². The standard InChI is InChI=1S/C10H12N2S/c1-3-7(2)10-12-8-4-5-11-6-9(8)13-10/h4-7H,3H2,1-2H3. The first-order chi connectivity index (χ1) is 6.31. The van der Waals surface area contributed by atoms with Gasteiger partial charge in [0.2, 0.25) is 0 Å². The van der Waals surface area contributed by atoms with Crippen LogP contribution in [0.25, 0.3) is 10.2 Å². The second-order valence-electron chi connectivity index (χ2n) is 3.20. The van der Waals surface area contributed by atoms with Gasteiger partial charge in [-0.1, -0.05) is 13.8 Å². The quantitative estimate of drug-likeness (QED) is 0.730. The van der Waals surface area contributed by atoms with Crippen LogP contribution in [0.5, 0.6) is 0 Å². The van der Waals surface area contributed by atoms with E-state index in [0.29, 0.717) is 5.92 Å². The third-order valence-corrected chi connectivity index (χ3v) is 3.48. The lowest BCUT2D eigenvalue weighted by Gasteiger charge is -2.00. The van der Waals surface area contributed by atoms with Crippen molar-refractivity contribution in [1.29, 1.82) is 0 Å². The van der Waals surface area contributed by atoms with Crippen molar-refractivity contribution < 1.29 is 0 Å². The third kappa shape index (κ3) is 1.56. The Hall–Kier alpha value is -0.960. The molecule has 0 fully saturated rings. The number of rotatable bonds is 2. The fraction of sp³-hybridized carbons (Fsp3) is 0.400. The number of pyridine rings is 1. The number of hydrogen-bond donors (Lipinski definition) is 0. The van der Waals surface area contributed by atoms with E-state index in [-0.39, 0.29) is 0 Å². The summed E-state index contributed by atoms with van der Waals surface area (Å²) in [5.74, 6) is 0.567. The summed E-state index contributed by atoms with van der Waals surface area (Å²) in [7, 11) is 0. The van der Waals surface area contributed by atoms with Crippen LogP contribution in [0.2, 0.25) is 0 Å². The molecule has 0 bridgehead atoms. The summed E-state index contributed by atoms with van der Waals surface area (Å²) in [6.45, 7) is 4.40. The van der Waals surface area contributed by atoms with Crippen LogP contribution >= 0.6 is 11.3 Å². The van der Waals surface area contributed by atoms with Gasteiger partial charge in [0.1, 0.15) is 0 Å². The van der Waals surface area contributed by atoms with Crippen molar-refractivity contribution in [3.63, 3.8) is 0 Å². The minimum absolute atomic E-state index is 0.567. The van der Waals surface area contributed by atoms with Gasteiger partial charge in [-0.15, -0.1) is 11.3 Å². The molecule has 3 heteroatoms. The highest BCUT2D eigenvalue weighted by atomic mass is 32.1. The van der Waals surface area contributed by atoms with Crippen molar-refractivity contribution in [1.82, 2.24) is 9.97 Å². The molecule has 0 spiro atoms. The van der Waals surface area contributed by atoms with Crippen molar-refractivity contribution in [3.05, 3.63) is 23.5 Å². The van der Waals surface area contributed by atoms with E-state index in [1.54, 1.807) is 17.5 Å². The molecule has 0 amide bonds. The number of nitrogens with zero attached hydrogens (tertiary/aromatic N) is 2. The Balaban J connectivity index is 2.49. The summed E-state index contributed by atoms with van der Waals surface area (Å²) >= 11 is 1.76. The van der Waals surface area contributed by atoms with Crippen LogP contribution in [0.3, 0.4) is 0 Å². The molecule has 2 rings (SSSR count). The van der Waals surface area contributed by atoms with Crippen molar-refractivity contribution in [3.8, 4) is 0 Å². The molecule has 2 aromatic rings. The molecular weight excluding hydrogens is 180 g/mol. The second-order valence-corrected chi connectivity index (χ2v) is 4.27. The number of aromatic nitrogens is 2. The first kappa shape index (κ1) is 8.63. The van der Waals surface area contributed by atoms with Gasteiger partial charge in [0.15, 0.2) is 0 Å². The summed E-state index contributed by atoms with van der Waals surface area (Å²) in [6.07, 6.45) is 4.83. The average molecular weight is 192 g/mol. The smallest absolute Gasteiger partial charge is 0.0967 e. The van der Waals surface area contributed by atoms with E-state index in [1.807, 2.05) is 12.3 Å². The van der Waals surface area contributed by atoms with Crippen LogP contribution in [0.1, 0.15) is 31.2 Å². The van der Waals surface area contributed by atoms with E-state index >= 15 is 0 Å². The van der Waals surface area contributed by atoms with E-state index in [0.717, 1.165) is 11.9 Å². The molecule has 0 aliphatic rings. The Kier molecular flexibility index (Phi) is 2.27.